The largest absolute Gasteiger partial charge is 0.495 e. The summed E-state index contributed by atoms with van der Waals surface area (Å²) in [7, 11) is 2.77. The number of hydrogen-bond donors (Lipinski definition) is 1. The molecule has 1 amide bonds. The van der Waals surface area contributed by atoms with Crippen molar-refractivity contribution in [3.63, 3.8) is 0 Å². The van der Waals surface area contributed by atoms with Gasteiger partial charge in [0, 0.05) is 6.54 Å². The molecule has 1 aliphatic rings. The number of carbonyl (C=O) groups is 2. The third-order valence-corrected chi connectivity index (χ3v) is 3.33. The summed E-state index contributed by atoms with van der Waals surface area (Å²) in [4.78, 5) is 25.6. The number of esters is 1. The monoisotopic (exact) mass is 294 g/mol. The molecule has 0 bridgehead atoms. The molecule has 1 heterocycles. The molecule has 1 aliphatic heterocycles. The molecule has 0 aromatic heterocycles. The van der Waals surface area contributed by atoms with E-state index in [-0.39, 0.29) is 24.7 Å². The zero-order valence-corrected chi connectivity index (χ0v) is 12.0. The summed E-state index contributed by atoms with van der Waals surface area (Å²) in [6.45, 7) is 0.806. The van der Waals surface area contributed by atoms with Crippen molar-refractivity contribution in [3.05, 3.63) is 23.8 Å². The second kappa shape index (κ2) is 6.45. The number of nitrogens with two attached hydrogens (primary N) is 1. The minimum absolute atomic E-state index is 0.141. The first kappa shape index (κ1) is 15.1. The summed E-state index contributed by atoms with van der Waals surface area (Å²) in [6, 6.07) is 5.01. The highest BCUT2D eigenvalue weighted by molar-refractivity contribution is 6.00. The van der Waals surface area contributed by atoms with Gasteiger partial charge >= 0.3 is 5.97 Å². The zero-order valence-electron chi connectivity index (χ0n) is 12.0. The molecule has 1 unspecified atom stereocenters. The number of hydrogen-bond acceptors (Lipinski definition) is 6. The van der Waals surface area contributed by atoms with E-state index in [1.807, 2.05) is 0 Å². The molecule has 2 rings (SSSR count). The SMILES string of the molecule is COC(=O)C1CN(C(=O)c2cccc(OC)c2N)CCO1. The number of anilines is 1. The highest BCUT2D eigenvalue weighted by atomic mass is 16.6. The van der Waals surface area contributed by atoms with Crippen LogP contribution in [0.15, 0.2) is 18.2 Å². The fourth-order valence-corrected chi connectivity index (χ4v) is 2.19. The average molecular weight is 294 g/mol. The third-order valence-electron chi connectivity index (χ3n) is 3.33. The average Bonchev–Trinajstić information content (AvgIpc) is 2.53. The lowest BCUT2D eigenvalue weighted by molar-refractivity contribution is -0.158. The number of ether oxygens (including phenoxy) is 3. The molecule has 1 fully saturated rings. The van der Waals surface area contributed by atoms with Crippen LogP contribution in [0.3, 0.4) is 0 Å². The second-order valence-corrected chi connectivity index (χ2v) is 4.56. The number of nitrogens with zero attached hydrogens (tertiary/aromatic N) is 1. The van der Waals surface area contributed by atoms with Crippen molar-refractivity contribution in [2.45, 2.75) is 6.10 Å². The van der Waals surface area contributed by atoms with Crippen LogP contribution in [0.1, 0.15) is 10.4 Å². The maximum atomic E-state index is 12.5. The van der Waals surface area contributed by atoms with Gasteiger partial charge in [-0.15, -0.1) is 0 Å². The first-order chi connectivity index (χ1) is 10.1. The van der Waals surface area contributed by atoms with Crippen LogP contribution in [-0.4, -0.2) is 56.8 Å². The lowest BCUT2D eigenvalue weighted by Gasteiger charge is -2.31. The van der Waals surface area contributed by atoms with Gasteiger partial charge < -0.3 is 24.8 Å². The summed E-state index contributed by atoms with van der Waals surface area (Å²) in [5.41, 5.74) is 6.56. The number of rotatable bonds is 3. The van der Waals surface area contributed by atoms with Gasteiger partial charge in [-0.25, -0.2) is 4.79 Å². The molecular weight excluding hydrogens is 276 g/mol. The summed E-state index contributed by atoms with van der Waals surface area (Å²) in [5, 5.41) is 0. The Balaban J connectivity index is 2.18. The first-order valence-corrected chi connectivity index (χ1v) is 6.49. The smallest absolute Gasteiger partial charge is 0.336 e. The van der Waals surface area contributed by atoms with Crippen LogP contribution in [-0.2, 0) is 14.3 Å². The minimum atomic E-state index is -0.764. The standard InChI is InChI=1S/C14H18N2O5/c1-19-10-5-3-4-9(12(10)15)13(17)16-6-7-21-11(8-16)14(18)20-2/h3-5,11H,6-8,15H2,1-2H3. The summed E-state index contributed by atoms with van der Waals surface area (Å²) in [5.74, 6) is -0.312. The van der Waals surface area contributed by atoms with E-state index in [1.165, 1.54) is 19.1 Å². The predicted octanol–water partition coefficient (Wildman–Crippen LogP) is 0.291. The molecule has 114 valence electrons. The van der Waals surface area contributed by atoms with Crippen LogP contribution in [0.4, 0.5) is 5.69 Å². The zero-order chi connectivity index (χ0) is 15.4. The number of amides is 1. The maximum absolute atomic E-state index is 12.5. The topological polar surface area (TPSA) is 91.1 Å². The fourth-order valence-electron chi connectivity index (χ4n) is 2.19. The predicted molar refractivity (Wildman–Crippen MR) is 75.1 cm³/mol. The van der Waals surface area contributed by atoms with Gasteiger partial charge in [0.15, 0.2) is 6.10 Å². The Morgan fingerprint density at radius 1 is 1.38 bits per heavy atom. The molecule has 1 aromatic carbocycles. The van der Waals surface area contributed by atoms with E-state index in [2.05, 4.69) is 4.74 Å². The van der Waals surface area contributed by atoms with Crippen molar-refractivity contribution < 1.29 is 23.8 Å². The normalized spacial score (nSPS) is 18.2. The number of methoxy groups -OCH3 is 2. The molecule has 0 aliphatic carbocycles. The Morgan fingerprint density at radius 2 is 2.14 bits per heavy atom. The number of benzene rings is 1. The first-order valence-electron chi connectivity index (χ1n) is 6.49. The Kier molecular flexibility index (Phi) is 4.64. The van der Waals surface area contributed by atoms with E-state index in [0.717, 1.165) is 0 Å². The Labute approximate surface area is 122 Å². The van der Waals surface area contributed by atoms with Gasteiger partial charge in [-0.2, -0.15) is 0 Å². The van der Waals surface area contributed by atoms with Crippen molar-refractivity contribution >= 4 is 17.6 Å². The van der Waals surface area contributed by atoms with Gasteiger partial charge in [0.2, 0.25) is 0 Å². The summed E-state index contributed by atoms with van der Waals surface area (Å²) < 4.78 is 15.0. The molecule has 1 aromatic rings. The van der Waals surface area contributed by atoms with Crippen LogP contribution >= 0.6 is 0 Å². The van der Waals surface area contributed by atoms with Gasteiger partial charge in [-0.05, 0) is 12.1 Å². The fraction of sp³-hybridized carbons (Fsp3) is 0.429. The molecule has 0 saturated carbocycles. The second-order valence-electron chi connectivity index (χ2n) is 4.56. The number of nitrogen functional groups attached to an aromatic ring is 1. The van der Waals surface area contributed by atoms with E-state index < -0.39 is 12.1 Å². The Bertz CT molecular complexity index is 546. The maximum Gasteiger partial charge on any atom is 0.336 e. The molecule has 21 heavy (non-hydrogen) atoms. The summed E-state index contributed by atoms with van der Waals surface area (Å²) in [6.07, 6.45) is -0.764. The van der Waals surface area contributed by atoms with E-state index in [1.54, 1.807) is 18.2 Å². The van der Waals surface area contributed by atoms with Gasteiger partial charge in [0.25, 0.3) is 5.91 Å². The highest BCUT2D eigenvalue weighted by Gasteiger charge is 2.31. The quantitative estimate of drug-likeness (QED) is 0.636. The Morgan fingerprint density at radius 3 is 2.81 bits per heavy atom. The van der Waals surface area contributed by atoms with E-state index in [4.69, 9.17) is 15.2 Å². The molecule has 7 nitrogen and oxygen atoms in total. The third kappa shape index (κ3) is 3.08. The molecule has 1 saturated heterocycles. The van der Waals surface area contributed by atoms with Crippen molar-refractivity contribution in [3.8, 4) is 5.75 Å². The van der Waals surface area contributed by atoms with Crippen molar-refractivity contribution in [1.82, 2.24) is 4.90 Å². The molecule has 1 atom stereocenters. The van der Waals surface area contributed by atoms with Gasteiger partial charge in [0.05, 0.1) is 38.6 Å². The molecule has 0 spiro atoms. The summed E-state index contributed by atoms with van der Waals surface area (Å²) >= 11 is 0. The molecule has 0 radical (unpaired) electrons. The van der Waals surface area contributed by atoms with Crippen molar-refractivity contribution in [1.29, 1.82) is 0 Å². The van der Waals surface area contributed by atoms with E-state index >= 15 is 0 Å². The van der Waals surface area contributed by atoms with Crippen LogP contribution in [0.25, 0.3) is 0 Å². The highest BCUT2D eigenvalue weighted by Crippen LogP contribution is 2.26. The van der Waals surface area contributed by atoms with E-state index in [9.17, 15) is 9.59 Å². The number of morpholine rings is 1. The molecule has 2 N–H and O–H groups in total. The minimum Gasteiger partial charge on any atom is -0.495 e. The van der Waals surface area contributed by atoms with E-state index in [0.29, 0.717) is 17.9 Å². The van der Waals surface area contributed by atoms with Crippen LogP contribution in [0, 0.1) is 0 Å². The van der Waals surface area contributed by atoms with Crippen LogP contribution in [0.5, 0.6) is 5.75 Å². The van der Waals surface area contributed by atoms with Crippen molar-refractivity contribution in [2.24, 2.45) is 0 Å². The lowest BCUT2D eigenvalue weighted by atomic mass is 10.1. The molecular formula is C14H18N2O5. The number of para-hydroxylation sites is 1. The van der Waals surface area contributed by atoms with Gasteiger partial charge in [-0.1, -0.05) is 6.07 Å². The van der Waals surface area contributed by atoms with Crippen molar-refractivity contribution in [2.75, 3.05) is 39.6 Å². The van der Waals surface area contributed by atoms with Crippen LogP contribution in [0.2, 0.25) is 0 Å². The van der Waals surface area contributed by atoms with Gasteiger partial charge in [-0.3, -0.25) is 4.79 Å². The van der Waals surface area contributed by atoms with Crippen LogP contribution < -0.4 is 10.5 Å². The number of carbonyl (C=O) groups excluding carboxylic acids is 2. The Hall–Kier alpha value is -2.28. The lowest BCUT2D eigenvalue weighted by Crippen LogP contribution is -2.49. The van der Waals surface area contributed by atoms with Gasteiger partial charge in [0.1, 0.15) is 5.75 Å². The molecule has 7 heteroatoms.